The molecule has 0 saturated heterocycles. The largest absolute Gasteiger partial charge is 0.475 e. The molecule has 1 aromatic carbocycles. The summed E-state index contributed by atoms with van der Waals surface area (Å²) in [5.41, 5.74) is 3.73. The van der Waals surface area contributed by atoms with Crippen LogP contribution in [0.2, 0.25) is 0 Å². The van der Waals surface area contributed by atoms with Crippen LogP contribution in [0.5, 0.6) is 0 Å². The van der Waals surface area contributed by atoms with Crippen molar-refractivity contribution in [1.29, 1.82) is 0 Å². The van der Waals surface area contributed by atoms with Crippen molar-refractivity contribution in [2.45, 2.75) is 46.5 Å². The van der Waals surface area contributed by atoms with E-state index in [-0.39, 0.29) is 5.76 Å². The van der Waals surface area contributed by atoms with E-state index in [4.69, 9.17) is 4.42 Å². The smallest absolute Gasteiger partial charge is 0.372 e. The molecular weight excluding hydrogens is 240 g/mol. The lowest BCUT2D eigenvalue weighted by Crippen LogP contribution is -1.99. The molecule has 2 aromatic rings. The van der Waals surface area contributed by atoms with Crippen LogP contribution in [0.4, 0.5) is 0 Å². The molecule has 3 nitrogen and oxygen atoms in total. The molecule has 0 unspecified atom stereocenters. The summed E-state index contributed by atoms with van der Waals surface area (Å²) in [5, 5.41) is 10.3. The minimum Gasteiger partial charge on any atom is -0.475 e. The minimum atomic E-state index is -0.978. The van der Waals surface area contributed by atoms with Crippen molar-refractivity contribution in [3.05, 3.63) is 34.6 Å². The standard InChI is InChI=1S/C16H20O3/c1-5-6-12-13-11(9(2)3)8-7-10(4)14(13)19-15(12)16(17)18/h7-9H,5-6H2,1-4H3,(H,17,18). The molecule has 0 radical (unpaired) electrons. The topological polar surface area (TPSA) is 50.4 Å². The predicted molar refractivity (Wildman–Crippen MR) is 76.0 cm³/mol. The quantitative estimate of drug-likeness (QED) is 0.879. The molecule has 0 atom stereocenters. The summed E-state index contributed by atoms with van der Waals surface area (Å²) in [7, 11) is 0. The second kappa shape index (κ2) is 5.08. The van der Waals surface area contributed by atoms with Gasteiger partial charge >= 0.3 is 5.97 Å². The van der Waals surface area contributed by atoms with Crippen LogP contribution in [-0.4, -0.2) is 11.1 Å². The Kier molecular flexibility index (Phi) is 3.65. The van der Waals surface area contributed by atoms with E-state index in [9.17, 15) is 9.90 Å². The van der Waals surface area contributed by atoms with Crippen LogP contribution in [0.15, 0.2) is 16.5 Å². The molecule has 1 N–H and O–H groups in total. The van der Waals surface area contributed by atoms with E-state index in [1.165, 1.54) is 5.56 Å². The van der Waals surface area contributed by atoms with Crippen molar-refractivity contribution in [3.63, 3.8) is 0 Å². The highest BCUT2D eigenvalue weighted by Gasteiger charge is 2.23. The normalized spacial score (nSPS) is 11.4. The van der Waals surface area contributed by atoms with Crippen LogP contribution >= 0.6 is 0 Å². The Morgan fingerprint density at radius 1 is 1.37 bits per heavy atom. The number of benzene rings is 1. The maximum atomic E-state index is 11.4. The van der Waals surface area contributed by atoms with E-state index in [1.54, 1.807) is 0 Å². The number of carbonyl (C=O) groups is 1. The molecule has 1 aromatic heterocycles. The average molecular weight is 260 g/mol. The van der Waals surface area contributed by atoms with Gasteiger partial charge in [0.2, 0.25) is 5.76 Å². The molecule has 0 amide bonds. The summed E-state index contributed by atoms with van der Waals surface area (Å²) >= 11 is 0. The van der Waals surface area contributed by atoms with Gasteiger partial charge in [-0.15, -0.1) is 0 Å². The Morgan fingerprint density at radius 2 is 2.05 bits per heavy atom. The molecule has 0 aliphatic carbocycles. The van der Waals surface area contributed by atoms with E-state index in [1.807, 2.05) is 13.0 Å². The number of furan rings is 1. The highest BCUT2D eigenvalue weighted by Crippen LogP contribution is 2.35. The fraction of sp³-hybridized carbons (Fsp3) is 0.438. The number of aromatic carboxylic acids is 1. The maximum Gasteiger partial charge on any atom is 0.372 e. The van der Waals surface area contributed by atoms with Crippen molar-refractivity contribution in [3.8, 4) is 0 Å². The van der Waals surface area contributed by atoms with Crippen LogP contribution in [0.1, 0.15) is 60.4 Å². The minimum absolute atomic E-state index is 0.105. The highest BCUT2D eigenvalue weighted by molar-refractivity contribution is 5.97. The summed E-state index contributed by atoms with van der Waals surface area (Å²) in [6, 6.07) is 4.09. The van der Waals surface area contributed by atoms with Gasteiger partial charge < -0.3 is 9.52 Å². The van der Waals surface area contributed by atoms with Crippen molar-refractivity contribution >= 4 is 16.9 Å². The lowest BCUT2D eigenvalue weighted by molar-refractivity contribution is 0.0663. The number of fused-ring (bicyclic) bond motifs is 1. The van der Waals surface area contributed by atoms with Crippen LogP contribution in [-0.2, 0) is 6.42 Å². The number of rotatable bonds is 4. The summed E-state index contributed by atoms with van der Waals surface area (Å²) in [5.74, 6) is -0.528. The van der Waals surface area contributed by atoms with Crippen LogP contribution in [0, 0.1) is 6.92 Å². The van der Waals surface area contributed by atoms with Crippen LogP contribution < -0.4 is 0 Å². The Balaban J connectivity index is 2.87. The highest BCUT2D eigenvalue weighted by atomic mass is 16.4. The first-order chi connectivity index (χ1) is 8.97. The monoisotopic (exact) mass is 260 g/mol. The van der Waals surface area contributed by atoms with Gasteiger partial charge in [-0.2, -0.15) is 0 Å². The summed E-state index contributed by atoms with van der Waals surface area (Å²) in [6.07, 6.45) is 1.64. The summed E-state index contributed by atoms with van der Waals surface area (Å²) in [6.45, 7) is 8.24. The van der Waals surface area contributed by atoms with Gasteiger partial charge in [0.1, 0.15) is 5.58 Å². The Morgan fingerprint density at radius 3 is 2.58 bits per heavy atom. The van der Waals surface area contributed by atoms with E-state index in [0.29, 0.717) is 5.92 Å². The number of hydrogen-bond donors (Lipinski definition) is 1. The molecule has 0 spiro atoms. The van der Waals surface area contributed by atoms with Gasteiger partial charge in [0.15, 0.2) is 0 Å². The van der Waals surface area contributed by atoms with Crippen LogP contribution in [0.25, 0.3) is 11.0 Å². The van der Waals surface area contributed by atoms with Crippen molar-refractivity contribution < 1.29 is 14.3 Å². The predicted octanol–water partition coefficient (Wildman–Crippen LogP) is 4.52. The molecule has 2 rings (SSSR count). The SMILES string of the molecule is CCCc1c(C(=O)O)oc2c(C)ccc(C(C)C)c12. The number of hydrogen-bond acceptors (Lipinski definition) is 2. The first-order valence-electron chi connectivity index (χ1n) is 6.75. The van der Waals surface area contributed by atoms with Gasteiger partial charge in [-0.25, -0.2) is 4.79 Å². The lowest BCUT2D eigenvalue weighted by Gasteiger charge is -2.09. The zero-order valence-electron chi connectivity index (χ0n) is 11.9. The third-order valence-electron chi connectivity index (χ3n) is 3.48. The zero-order valence-corrected chi connectivity index (χ0v) is 11.9. The summed E-state index contributed by atoms with van der Waals surface area (Å²) < 4.78 is 5.64. The van der Waals surface area contributed by atoms with E-state index in [2.05, 4.69) is 26.8 Å². The van der Waals surface area contributed by atoms with Crippen LogP contribution in [0.3, 0.4) is 0 Å². The molecule has 0 fully saturated rings. The second-order valence-corrected chi connectivity index (χ2v) is 5.30. The van der Waals surface area contributed by atoms with Gasteiger partial charge in [-0.3, -0.25) is 0 Å². The third-order valence-corrected chi connectivity index (χ3v) is 3.48. The second-order valence-electron chi connectivity index (χ2n) is 5.30. The fourth-order valence-corrected chi connectivity index (χ4v) is 2.56. The molecule has 0 bridgehead atoms. The average Bonchev–Trinajstić information content (AvgIpc) is 2.71. The number of aryl methyl sites for hydroxylation is 2. The number of carboxylic acid groups (broad SMARTS) is 1. The molecule has 19 heavy (non-hydrogen) atoms. The van der Waals surface area contributed by atoms with E-state index >= 15 is 0 Å². The van der Waals surface area contributed by atoms with Gasteiger partial charge in [-0.1, -0.05) is 39.3 Å². The van der Waals surface area contributed by atoms with Gasteiger partial charge in [0.25, 0.3) is 0 Å². The maximum absolute atomic E-state index is 11.4. The molecule has 3 heteroatoms. The Bertz CT molecular complexity index is 620. The summed E-state index contributed by atoms with van der Waals surface area (Å²) in [4.78, 5) is 11.4. The molecule has 0 aliphatic heterocycles. The molecule has 102 valence electrons. The van der Waals surface area contributed by atoms with Gasteiger partial charge in [-0.05, 0) is 30.4 Å². The van der Waals surface area contributed by atoms with Gasteiger partial charge in [0, 0.05) is 10.9 Å². The molecular formula is C16H20O3. The molecule has 1 heterocycles. The Hall–Kier alpha value is -1.77. The van der Waals surface area contributed by atoms with Gasteiger partial charge in [0.05, 0.1) is 0 Å². The lowest BCUT2D eigenvalue weighted by atomic mass is 9.93. The van der Waals surface area contributed by atoms with Crippen molar-refractivity contribution in [2.75, 3.05) is 0 Å². The Labute approximate surface area is 113 Å². The fourth-order valence-electron chi connectivity index (χ4n) is 2.56. The third kappa shape index (κ3) is 2.25. The van der Waals surface area contributed by atoms with E-state index < -0.39 is 5.97 Å². The van der Waals surface area contributed by atoms with Crippen molar-refractivity contribution in [2.24, 2.45) is 0 Å². The first-order valence-corrected chi connectivity index (χ1v) is 6.75. The zero-order chi connectivity index (χ0) is 14.2. The van der Waals surface area contributed by atoms with Crippen molar-refractivity contribution in [1.82, 2.24) is 0 Å². The molecule has 0 aliphatic rings. The molecule has 0 saturated carbocycles. The number of carboxylic acids is 1. The first kappa shape index (κ1) is 13.7. The van der Waals surface area contributed by atoms with E-state index in [0.717, 1.165) is 34.9 Å².